The summed E-state index contributed by atoms with van der Waals surface area (Å²) < 4.78 is 0. The van der Waals surface area contributed by atoms with Crippen LogP contribution in [0.4, 0.5) is 0 Å². The zero-order valence-corrected chi connectivity index (χ0v) is 14.5. The summed E-state index contributed by atoms with van der Waals surface area (Å²) in [6.45, 7) is 13.1. The van der Waals surface area contributed by atoms with E-state index in [0.29, 0.717) is 12.5 Å². The van der Waals surface area contributed by atoms with Gasteiger partial charge in [-0.3, -0.25) is 9.59 Å². The molecular weight excluding hydrogens is 264 g/mol. The van der Waals surface area contributed by atoms with E-state index in [1.54, 1.807) is 0 Å². The second-order valence-corrected chi connectivity index (χ2v) is 6.73. The Morgan fingerprint density at radius 2 is 1.62 bits per heavy atom. The second kappa shape index (κ2) is 7.81. The Kier molecular flexibility index (Phi) is 6.69. The second-order valence-electron chi connectivity index (χ2n) is 6.73. The minimum Gasteiger partial charge on any atom is -0.342 e. The third-order valence-corrected chi connectivity index (χ3v) is 4.91. The predicted molar refractivity (Wildman–Crippen MR) is 85.8 cm³/mol. The number of hydrogen-bond donors (Lipinski definition) is 1. The average Bonchev–Trinajstić information content (AvgIpc) is 2.46. The van der Waals surface area contributed by atoms with Crippen LogP contribution in [-0.4, -0.2) is 35.3 Å². The Bertz CT molecular complexity index is 364. The Labute approximate surface area is 129 Å². The summed E-state index contributed by atoms with van der Waals surface area (Å²) in [4.78, 5) is 27.2. The van der Waals surface area contributed by atoms with E-state index in [4.69, 9.17) is 0 Å². The molecule has 4 heteroatoms. The Morgan fingerprint density at radius 3 is 2.05 bits per heavy atom. The molecule has 0 aromatic heterocycles. The monoisotopic (exact) mass is 296 g/mol. The average molecular weight is 296 g/mol. The van der Waals surface area contributed by atoms with E-state index in [1.165, 1.54) is 0 Å². The molecule has 3 atom stereocenters. The van der Waals surface area contributed by atoms with Gasteiger partial charge in [0.1, 0.15) is 12.1 Å². The predicted octanol–water partition coefficient (Wildman–Crippen LogP) is 2.82. The summed E-state index contributed by atoms with van der Waals surface area (Å²) in [5.41, 5.74) is 0. The molecule has 0 aliphatic carbocycles. The van der Waals surface area contributed by atoms with Crippen LogP contribution in [0.5, 0.6) is 0 Å². The third kappa shape index (κ3) is 3.98. The van der Waals surface area contributed by atoms with Crippen molar-refractivity contribution in [1.29, 1.82) is 0 Å². The smallest absolute Gasteiger partial charge is 0.246 e. The van der Waals surface area contributed by atoms with Gasteiger partial charge in [-0.2, -0.15) is 0 Å². The van der Waals surface area contributed by atoms with Crippen molar-refractivity contribution in [3.8, 4) is 0 Å². The molecule has 1 aliphatic heterocycles. The van der Waals surface area contributed by atoms with Gasteiger partial charge in [0.2, 0.25) is 11.8 Å². The fourth-order valence-corrected chi connectivity index (χ4v) is 3.07. The molecule has 0 spiro atoms. The Balaban J connectivity index is 3.03. The summed E-state index contributed by atoms with van der Waals surface area (Å²) in [6, 6.07) is -0.676. The standard InChI is InChI=1S/C17H32N2O2/c1-7-12(6)14-17(21)19(10-13(8-2)9-3)15(11(4)5)16(20)18-14/h11-15H,7-10H2,1-6H3,(H,18,20). The van der Waals surface area contributed by atoms with E-state index in [-0.39, 0.29) is 35.7 Å². The van der Waals surface area contributed by atoms with E-state index >= 15 is 0 Å². The van der Waals surface area contributed by atoms with Crippen LogP contribution < -0.4 is 5.32 Å². The highest BCUT2D eigenvalue weighted by molar-refractivity contribution is 5.97. The van der Waals surface area contributed by atoms with E-state index in [2.05, 4.69) is 26.1 Å². The van der Waals surface area contributed by atoms with Crippen LogP contribution in [0.25, 0.3) is 0 Å². The van der Waals surface area contributed by atoms with Crippen LogP contribution in [-0.2, 0) is 9.59 Å². The lowest BCUT2D eigenvalue weighted by molar-refractivity contribution is -0.153. The molecule has 1 fully saturated rings. The van der Waals surface area contributed by atoms with Gasteiger partial charge in [0, 0.05) is 6.54 Å². The van der Waals surface area contributed by atoms with Crippen LogP contribution >= 0.6 is 0 Å². The van der Waals surface area contributed by atoms with Crippen LogP contribution in [0.3, 0.4) is 0 Å². The van der Waals surface area contributed by atoms with Gasteiger partial charge in [-0.05, 0) is 17.8 Å². The number of piperazine rings is 1. The zero-order valence-electron chi connectivity index (χ0n) is 14.5. The third-order valence-electron chi connectivity index (χ3n) is 4.91. The minimum absolute atomic E-state index is 0.0147. The molecule has 122 valence electrons. The van der Waals surface area contributed by atoms with Crippen LogP contribution in [0.1, 0.15) is 60.8 Å². The van der Waals surface area contributed by atoms with Crippen molar-refractivity contribution >= 4 is 11.8 Å². The van der Waals surface area contributed by atoms with E-state index in [9.17, 15) is 9.59 Å². The summed E-state index contributed by atoms with van der Waals surface area (Å²) in [6.07, 6.45) is 2.98. The first-order valence-corrected chi connectivity index (χ1v) is 8.48. The lowest BCUT2D eigenvalue weighted by Crippen LogP contribution is -2.66. The minimum atomic E-state index is -0.355. The SMILES string of the molecule is CCC(CC)CN1C(=O)C(C(C)CC)NC(=O)C1C(C)C. The van der Waals surface area contributed by atoms with Crippen molar-refractivity contribution in [3.63, 3.8) is 0 Å². The van der Waals surface area contributed by atoms with Crippen LogP contribution in [0, 0.1) is 17.8 Å². The number of carbonyl (C=O) groups excluding carboxylic acids is 2. The first-order chi connectivity index (χ1) is 9.87. The van der Waals surface area contributed by atoms with E-state index in [1.807, 2.05) is 25.7 Å². The molecule has 21 heavy (non-hydrogen) atoms. The fraction of sp³-hybridized carbons (Fsp3) is 0.882. The van der Waals surface area contributed by atoms with Crippen molar-refractivity contribution < 1.29 is 9.59 Å². The number of hydrogen-bond acceptors (Lipinski definition) is 2. The largest absolute Gasteiger partial charge is 0.342 e. The van der Waals surface area contributed by atoms with Crippen molar-refractivity contribution in [2.24, 2.45) is 17.8 Å². The van der Waals surface area contributed by atoms with Crippen molar-refractivity contribution in [1.82, 2.24) is 10.2 Å². The van der Waals surface area contributed by atoms with Crippen LogP contribution in [0.15, 0.2) is 0 Å². The number of carbonyl (C=O) groups is 2. The van der Waals surface area contributed by atoms with Gasteiger partial charge in [0.15, 0.2) is 0 Å². The van der Waals surface area contributed by atoms with Gasteiger partial charge in [-0.1, -0.05) is 60.8 Å². The highest BCUT2D eigenvalue weighted by Crippen LogP contribution is 2.24. The number of nitrogens with zero attached hydrogens (tertiary/aromatic N) is 1. The summed E-state index contributed by atoms with van der Waals surface area (Å²) in [5, 5.41) is 2.96. The molecule has 0 aromatic carbocycles. The van der Waals surface area contributed by atoms with Crippen molar-refractivity contribution in [3.05, 3.63) is 0 Å². The lowest BCUT2D eigenvalue weighted by atomic mass is 9.89. The van der Waals surface area contributed by atoms with Crippen LogP contribution in [0.2, 0.25) is 0 Å². The van der Waals surface area contributed by atoms with Crippen molar-refractivity contribution in [2.75, 3.05) is 6.54 Å². The molecule has 2 amide bonds. The van der Waals surface area contributed by atoms with Gasteiger partial charge in [0.25, 0.3) is 0 Å². The molecule has 0 saturated carbocycles. The molecule has 1 rings (SSSR count). The molecule has 1 saturated heterocycles. The maximum atomic E-state index is 12.9. The van der Waals surface area contributed by atoms with Gasteiger partial charge in [0.05, 0.1) is 0 Å². The molecule has 0 aromatic rings. The highest BCUT2D eigenvalue weighted by atomic mass is 16.2. The maximum Gasteiger partial charge on any atom is 0.246 e. The number of rotatable bonds is 7. The van der Waals surface area contributed by atoms with Gasteiger partial charge in [-0.25, -0.2) is 0 Å². The highest BCUT2D eigenvalue weighted by Gasteiger charge is 2.43. The first kappa shape index (κ1) is 18.0. The topological polar surface area (TPSA) is 49.4 Å². The molecule has 1 heterocycles. The normalized spacial score (nSPS) is 24.7. The van der Waals surface area contributed by atoms with E-state index in [0.717, 1.165) is 19.3 Å². The Morgan fingerprint density at radius 1 is 1.05 bits per heavy atom. The van der Waals surface area contributed by atoms with Gasteiger partial charge < -0.3 is 10.2 Å². The zero-order chi connectivity index (χ0) is 16.2. The summed E-state index contributed by atoms with van der Waals surface area (Å²) in [7, 11) is 0. The molecule has 3 unspecified atom stereocenters. The fourth-order valence-electron chi connectivity index (χ4n) is 3.07. The molecule has 1 aliphatic rings. The maximum absolute atomic E-state index is 12.9. The molecule has 1 N–H and O–H groups in total. The van der Waals surface area contributed by atoms with E-state index < -0.39 is 0 Å². The van der Waals surface area contributed by atoms with Crippen molar-refractivity contribution in [2.45, 2.75) is 72.9 Å². The Hall–Kier alpha value is -1.06. The quantitative estimate of drug-likeness (QED) is 0.785. The molecular formula is C17H32N2O2. The number of amides is 2. The number of nitrogens with one attached hydrogen (secondary N) is 1. The lowest BCUT2D eigenvalue weighted by Gasteiger charge is -2.43. The summed E-state index contributed by atoms with van der Waals surface area (Å²) in [5.74, 6) is 0.911. The summed E-state index contributed by atoms with van der Waals surface area (Å²) >= 11 is 0. The molecule has 4 nitrogen and oxygen atoms in total. The van der Waals surface area contributed by atoms with Gasteiger partial charge in [-0.15, -0.1) is 0 Å². The molecule has 0 bridgehead atoms. The molecule has 0 radical (unpaired) electrons. The first-order valence-electron chi connectivity index (χ1n) is 8.48. The van der Waals surface area contributed by atoms with Gasteiger partial charge >= 0.3 is 0 Å².